The van der Waals surface area contributed by atoms with Crippen LogP contribution in [0.25, 0.3) is 0 Å². The molecule has 0 saturated carbocycles. The Morgan fingerprint density at radius 2 is 1.97 bits per heavy atom. The Morgan fingerprint density at radius 1 is 1.24 bits per heavy atom. The number of morpholine rings is 1. The summed E-state index contributed by atoms with van der Waals surface area (Å²) in [5, 5.41) is 0. The highest BCUT2D eigenvalue weighted by atomic mass is 16.5. The van der Waals surface area contributed by atoms with Crippen molar-refractivity contribution in [3.63, 3.8) is 0 Å². The zero-order valence-electron chi connectivity index (χ0n) is 19.7. The molecule has 2 aliphatic heterocycles. The van der Waals surface area contributed by atoms with Gasteiger partial charge in [0, 0.05) is 48.8 Å². The Bertz CT molecular complexity index is 1020. The molecular weight excluding hydrogens is 424 g/mol. The Balaban J connectivity index is 1.84. The van der Waals surface area contributed by atoms with Gasteiger partial charge in [-0.1, -0.05) is 19.9 Å². The maximum absolute atomic E-state index is 13.4. The number of carbonyl (C=O) groups excluding carboxylic acids is 2. The first-order valence-corrected chi connectivity index (χ1v) is 11.4. The molecule has 178 valence electrons. The minimum absolute atomic E-state index is 0.0259. The number of hydrogen-bond donors (Lipinski definition) is 1. The van der Waals surface area contributed by atoms with Crippen molar-refractivity contribution in [2.45, 2.75) is 39.5 Å². The number of anilines is 1. The third-order valence-corrected chi connectivity index (χ3v) is 6.35. The summed E-state index contributed by atoms with van der Waals surface area (Å²) >= 11 is 0. The number of ketones is 1. The molecule has 3 aliphatic rings. The van der Waals surface area contributed by atoms with E-state index < -0.39 is 11.9 Å². The third-order valence-electron chi connectivity index (χ3n) is 6.35. The van der Waals surface area contributed by atoms with Crippen molar-refractivity contribution in [2.24, 2.45) is 11.1 Å². The number of benzene rings is 1. The summed E-state index contributed by atoms with van der Waals surface area (Å²) in [7, 11) is 1.58. The number of esters is 1. The normalized spacial score (nSPS) is 22.6. The molecule has 0 bridgehead atoms. The van der Waals surface area contributed by atoms with Gasteiger partial charge in [0.05, 0.1) is 32.8 Å². The van der Waals surface area contributed by atoms with E-state index in [1.807, 2.05) is 32.0 Å². The van der Waals surface area contributed by atoms with E-state index in [4.69, 9.17) is 24.7 Å². The molecule has 1 fully saturated rings. The van der Waals surface area contributed by atoms with Gasteiger partial charge in [-0.25, -0.2) is 4.79 Å². The fourth-order valence-corrected chi connectivity index (χ4v) is 4.86. The average Bonchev–Trinajstić information content (AvgIpc) is 2.77. The topological polar surface area (TPSA) is 100 Å². The van der Waals surface area contributed by atoms with E-state index >= 15 is 0 Å². The largest absolute Gasteiger partial charge is 0.496 e. The highest BCUT2D eigenvalue weighted by Crippen LogP contribution is 2.50. The van der Waals surface area contributed by atoms with Crippen LogP contribution in [0.15, 0.2) is 41.0 Å². The first-order valence-electron chi connectivity index (χ1n) is 11.4. The number of rotatable bonds is 5. The lowest BCUT2D eigenvalue weighted by Gasteiger charge is -2.38. The highest BCUT2D eigenvalue weighted by molar-refractivity contribution is 6.03. The SMILES string of the molecule is CCOC(=O)C1=C(N)OC2=C(C(=O)CC(C)(C)C2)C1c1ccc(N2CCOCC2)cc1OC. The average molecular weight is 457 g/mol. The van der Waals surface area contributed by atoms with Gasteiger partial charge in [0.1, 0.15) is 17.1 Å². The Hall–Kier alpha value is -3.00. The molecule has 0 radical (unpaired) electrons. The lowest BCUT2D eigenvalue weighted by atomic mass is 9.70. The van der Waals surface area contributed by atoms with E-state index in [2.05, 4.69) is 4.90 Å². The summed E-state index contributed by atoms with van der Waals surface area (Å²) in [6.07, 6.45) is 0.908. The van der Waals surface area contributed by atoms with Gasteiger partial charge >= 0.3 is 5.97 Å². The van der Waals surface area contributed by atoms with Crippen LogP contribution >= 0.6 is 0 Å². The maximum Gasteiger partial charge on any atom is 0.340 e. The second kappa shape index (κ2) is 9.09. The molecule has 8 nitrogen and oxygen atoms in total. The molecule has 33 heavy (non-hydrogen) atoms. The standard InChI is InChI=1S/C25H32N2O6/c1-5-32-24(29)22-20(21-17(28)13-25(2,3)14-19(21)33-23(22)26)16-7-6-15(12-18(16)30-4)27-8-10-31-11-9-27/h6-7,12,20H,5,8-11,13-14,26H2,1-4H3. The molecule has 8 heteroatoms. The van der Waals surface area contributed by atoms with E-state index in [1.165, 1.54) is 0 Å². The fraction of sp³-hybridized carbons (Fsp3) is 0.520. The van der Waals surface area contributed by atoms with Crippen molar-refractivity contribution in [3.8, 4) is 5.75 Å². The Morgan fingerprint density at radius 3 is 2.64 bits per heavy atom. The molecule has 1 saturated heterocycles. The van der Waals surface area contributed by atoms with Crippen molar-refractivity contribution >= 4 is 17.4 Å². The Labute approximate surface area is 194 Å². The lowest BCUT2D eigenvalue weighted by Crippen LogP contribution is -2.36. The third kappa shape index (κ3) is 4.44. The molecular formula is C25H32N2O6. The van der Waals surface area contributed by atoms with Gasteiger partial charge in [-0.3, -0.25) is 4.79 Å². The number of hydrogen-bond acceptors (Lipinski definition) is 8. The van der Waals surface area contributed by atoms with E-state index in [1.54, 1.807) is 14.0 Å². The zero-order valence-corrected chi connectivity index (χ0v) is 19.7. The van der Waals surface area contributed by atoms with Crippen molar-refractivity contribution in [1.29, 1.82) is 0 Å². The summed E-state index contributed by atoms with van der Waals surface area (Å²) in [4.78, 5) is 28.6. The molecule has 1 unspecified atom stereocenters. The van der Waals surface area contributed by atoms with E-state index in [-0.39, 0.29) is 29.3 Å². The lowest BCUT2D eigenvalue weighted by molar-refractivity contribution is -0.139. The zero-order chi connectivity index (χ0) is 23.8. The molecule has 4 rings (SSSR count). The van der Waals surface area contributed by atoms with Crippen molar-refractivity contribution in [3.05, 3.63) is 46.6 Å². The van der Waals surface area contributed by atoms with E-state index in [9.17, 15) is 9.59 Å². The van der Waals surface area contributed by atoms with Gasteiger partial charge in [0.15, 0.2) is 5.78 Å². The van der Waals surface area contributed by atoms with Crippen LogP contribution in [0, 0.1) is 5.41 Å². The summed E-state index contributed by atoms with van der Waals surface area (Å²) in [6.45, 7) is 8.84. The monoisotopic (exact) mass is 456 g/mol. The first-order chi connectivity index (χ1) is 15.8. The maximum atomic E-state index is 13.4. The number of nitrogens with two attached hydrogens (primary N) is 1. The van der Waals surface area contributed by atoms with E-state index in [0.29, 0.717) is 48.7 Å². The molecule has 2 N–H and O–H groups in total. The number of Topliss-reactive ketones (excluding diaryl/α,β-unsaturated/α-hetero) is 1. The number of allylic oxidation sites excluding steroid dienone is 2. The van der Waals surface area contributed by atoms with Crippen LogP contribution in [0.3, 0.4) is 0 Å². The molecule has 0 amide bonds. The second-order valence-corrected chi connectivity index (χ2v) is 9.34. The molecule has 1 atom stereocenters. The summed E-state index contributed by atoms with van der Waals surface area (Å²) in [6, 6.07) is 5.82. The van der Waals surface area contributed by atoms with Gasteiger partial charge in [0.2, 0.25) is 5.88 Å². The summed E-state index contributed by atoms with van der Waals surface area (Å²) in [5.41, 5.74) is 8.29. The number of methoxy groups -OCH3 is 1. The van der Waals surface area contributed by atoms with Crippen LogP contribution in [0.4, 0.5) is 5.69 Å². The molecule has 0 spiro atoms. The van der Waals surface area contributed by atoms with Crippen LogP contribution in [-0.2, 0) is 23.8 Å². The van der Waals surface area contributed by atoms with Crippen LogP contribution in [-0.4, -0.2) is 51.8 Å². The second-order valence-electron chi connectivity index (χ2n) is 9.34. The number of ether oxygens (including phenoxy) is 4. The number of nitrogens with zero attached hydrogens (tertiary/aromatic N) is 1. The smallest absolute Gasteiger partial charge is 0.340 e. The first kappa shape index (κ1) is 23.2. The van der Waals surface area contributed by atoms with Crippen molar-refractivity contribution in [2.75, 3.05) is 44.9 Å². The van der Waals surface area contributed by atoms with Crippen LogP contribution in [0.2, 0.25) is 0 Å². The predicted molar refractivity (Wildman–Crippen MR) is 123 cm³/mol. The predicted octanol–water partition coefficient (Wildman–Crippen LogP) is 3.02. The summed E-state index contributed by atoms with van der Waals surface area (Å²) in [5.74, 6) is -0.300. The quantitative estimate of drug-likeness (QED) is 0.675. The van der Waals surface area contributed by atoms with Crippen LogP contribution < -0.4 is 15.4 Å². The molecule has 2 heterocycles. The number of carbonyl (C=O) groups is 2. The van der Waals surface area contributed by atoms with Gasteiger partial charge < -0.3 is 29.6 Å². The summed E-state index contributed by atoms with van der Waals surface area (Å²) < 4.78 is 22.4. The van der Waals surface area contributed by atoms with E-state index in [0.717, 1.165) is 18.8 Å². The minimum atomic E-state index is -0.718. The minimum Gasteiger partial charge on any atom is -0.496 e. The van der Waals surface area contributed by atoms with Gasteiger partial charge in [-0.05, 0) is 18.4 Å². The van der Waals surface area contributed by atoms with Crippen molar-refractivity contribution < 1.29 is 28.5 Å². The van der Waals surface area contributed by atoms with Gasteiger partial charge in [-0.2, -0.15) is 0 Å². The van der Waals surface area contributed by atoms with Gasteiger partial charge in [0.25, 0.3) is 0 Å². The van der Waals surface area contributed by atoms with Crippen molar-refractivity contribution in [1.82, 2.24) is 0 Å². The Kier molecular flexibility index (Phi) is 6.38. The van der Waals surface area contributed by atoms with Crippen LogP contribution in [0.1, 0.15) is 45.1 Å². The molecule has 1 aliphatic carbocycles. The fourth-order valence-electron chi connectivity index (χ4n) is 4.86. The van der Waals surface area contributed by atoms with Crippen LogP contribution in [0.5, 0.6) is 5.75 Å². The highest BCUT2D eigenvalue weighted by Gasteiger charge is 2.46. The molecule has 0 aromatic heterocycles. The molecule has 1 aromatic carbocycles. The van der Waals surface area contributed by atoms with Gasteiger partial charge in [-0.15, -0.1) is 0 Å². The molecule has 1 aromatic rings.